The van der Waals surface area contributed by atoms with Crippen LogP contribution < -0.4 is 16.0 Å². The second-order valence-corrected chi connectivity index (χ2v) is 5.98. The molecule has 0 saturated carbocycles. The minimum Gasteiger partial charge on any atom is -0.450 e. The van der Waals surface area contributed by atoms with E-state index in [1.54, 1.807) is 14.0 Å². The zero-order valence-corrected chi connectivity index (χ0v) is 16.0. The van der Waals surface area contributed by atoms with Crippen LogP contribution in [0.15, 0.2) is 4.99 Å². The van der Waals surface area contributed by atoms with Crippen LogP contribution in [0, 0.1) is 5.92 Å². The molecular weight excluding hydrogens is 308 g/mol. The van der Waals surface area contributed by atoms with Crippen LogP contribution in [0.2, 0.25) is 0 Å². The van der Waals surface area contributed by atoms with Crippen molar-refractivity contribution < 1.29 is 14.3 Å². The number of hydrogen-bond acceptors (Lipinski definition) is 4. The molecule has 0 fully saturated rings. The average molecular weight is 345 g/mol. The van der Waals surface area contributed by atoms with Crippen LogP contribution in [0.1, 0.15) is 47.0 Å². The van der Waals surface area contributed by atoms with Crippen molar-refractivity contribution in [2.75, 3.05) is 40.0 Å². The number of hydrogen-bond donors (Lipinski definition) is 3. The van der Waals surface area contributed by atoms with Crippen molar-refractivity contribution in [2.45, 2.75) is 53.0 Å². The number of alkyl carbamates (subject to hydrolysis) is 1. The fourth-order valence-electron chi connectivity index (χ4n) is 2.22. The Labute approximate surface area is 147 Å². The number of unbranched alkanes of at least 4 members (excludes halogenated alkanes) is 1. The van der Waals surface area contributed by atoms with Gasteiger partial charge in [-0.25, -0.2) is 4.79 Å². The molecule has 1 atom stereocenters. The summed E-state index contributed by atoms with van der Waals surface area (Å²) in [6, 6.07) is 0.000513. The fraction of sp³-hybridized carbons (Fsp3) is 0.882. The molecule has 0 saturated heterocycles. The highest BCUT2D eigenvalue weighted by Gasteiger charge is 2.15. The first-order valence-corrected chi connectivity index (χ1v) is 8.98. The van der Waals surface area contributed by atoms with Gasteiger partial charge in [0.1, 0.15) is 0 Å². The molecule has 1 unspecified atom stereocenters. The van der Waals surface area contributed by atoms with Crippen molar-refractivity contribution in [1.29, 1.82) is 0 Å². The normalized spacial score (nSPS) is 12.8. The van der Waals surface area contributed by atoms with Gasteiger partial charge < -0.3 is 25.4 Å². The summed E-state index contributed by atoms with van der Waals surface area (Å²) in [6.45, 7) is 11.4. The van der Waals surface area contributed by atoms with E-state index in [9.17, 15) is 4.79 Å². The maximum atomic E-state index is 11.6. The van der Waals surface area contributed by atoms with E-state index in [4.69, 9.17) is 9.47 Å². The quantitative estimate of drug-likeness (QED) is 0.287. The predicted octanol–water partition coefficient (Wildman–Crippen LogP) is 2.13. The summed E-state index contributed by atoms with van der Waals surface area (Å²) in [6.07, 6.45) is 2.55. The molecule has 24 heavy (non-hydrogen) atoms. The van der Waals surface area contributed by atoms with E-state index in [2.05, 4.69) is 34.8 Å². The first-order chi connectivity index (χ1) is 11.5. The number of aliphatic imine (C=N–C) groups is 1. The number of nitrogens with one attached hydrogen (secondary N) is 3. The number of carbonyl (C=O) groups is 1. The maximum absolute atomic E-state index is 11.6. The highest BCUT2D eigenvalue weighted by Crippen LogP contribution is 2.04. The number of carbonyl (C=O) groups excluding carboxylic acids is 1. The van der Waals surface area contributed by atoms with Crippen LogP contribution in [-0.4, -0.2) is 58.1 Å². The first kappa shape index (κ1) is 22.5. The van der Waals surface area contributed by atoms with E-state index in [-0.39, 0.29) is 12.1 Å². The number of nitrogens with zero attached hydrogens (tertiary/aromatic N) is 1. The Kier molecular flexibility index (Phi) is 14.1. The third-order valence-electron chi connectivity index (χ3n) is 3.30. The zero-order chi connectivity index (χ0) is 18.2. The Morgan fingerprint density at radius 1 is 1.12 bits per heavy atom. The van der Waals surface area contributed by atoms with Crippen molar-refractivity contribution in [1.82, 2.24) is 16.0 Å². The lowest BCUT2D eigenvalue weighted by molar-refractivity contribution is 0.143. The Balaban J connectivity index is 4.15. The van der Waals surface area contributed by atoms with Gasteiger partial charge in [0.15, 0.2) is 5.96 Å². The van der Waals surface area contributed by atoms with Crippen molar-refractivity contribution >= 4 is 12.1 Å². The van der Waals surface area contributed by atoms with Gasteiger partial charge >= 0.3 is 6.09 Å². The van der Waals surface area contributed by atoms with Gasteiger partial charge in [0.2, 0.25) is 0 Å². The van der Waals surface area contributed by atoms with Gasteiger partial charge in [-0.15, -0.1) is 0 Å². The third kappa shape index (κ3) is 13.0. The van der Waals surface area contributed by atoms with Crippen molar-refractivity contribution in [3.63, 3.8) is 0 Å². The summed E-state index contributed by atoms with van der Waals surface area (Å²) in [4.78, 5) is 15.8. The molecule has 0 rings (SSSR count). The largest absolute Gasteiger partial charge is 0.450 e. The molecule has 0 aromatic rings. The van der Waals surface area contributed by atoms with Crippen LogP contribution in [0.3, 0.4) is 0 Å². The molecule has 0 heterocycles. The predicted molar refractivity (Wildman–Crippen MR) is 98.5 cm³/mol. The van der Waals surface area contributed by atoms with Gasteiger partial charge in [0.05, 0.1) is 6.61 Å². The standard InChI is InChI=1S/C17H36N4O3/c1-6-23-11-9-8-10-19-16(18-5)20-13-15(12-14(3)4)21-17(22)24-7-2/h14-15H,6-13H2,1-5H3,(H,21,22)(H2,18,19,20). The van der Waals surface area contributed by atoms with Crippen molar-refractivity contribution in [2.24, 2.45) is 10.9 Å². The zero-order valence-electron chi connectivity index (χ0n) is 16.0. The minimum absolute atomic E-state index is 0.000513. The van der Waals surface area contributed by atoms with E-state index >= 15 is 0 Å². The van der Waals surface area contributed by atoms with E-state index < -0.39 is 0 Å². The molecule has 7 nitrogen and oxygen atoms in total. The number of guanidine groups is 1. The highest BCUT2D eigenvalue weighted by atomic mass is 16.5. The third-order valence-corrected chi connectivity index (χ3v) is 3.30. The molecule has 0 aromatic carbocycles. The number of rotatable bonds is 12. The average Bonchev–Trinajstić information content (AvgIpc) is 2.53. The van der Waals surface area contributed by atoms with Crippen LogP contribution in [0.25, 0.3) is 0 Å². The monoisotopic (exact) mass is 344 g/mol. The summed E-state index contributed by atoms with van der Waals surface area (Å²) in [5, 5.41) is 9.43. The van der Waals surface area contributed by atoms with E-state index in [1.807, 2.05) is 6.92 Å². The summed E-state index contributed by atoms with van der Waals surface area (Å²) in [5.41, 5.74) is 0. The SMILES string of the molecule is CCOCCCCNC(=NC)NCC(CC(C)C)NC(=O)OCC. The summed E-state index contributed by atoms with van der Waals surface area (Å²) in [7, 11) is 1.74. The fourth-order valence-corrected chi connectivity index (χ4v) is 2.22. The molecule has 0 bridgehead atoms. The lowest BCUT2D eigenvalue weighted by Gasteiger charge is -2.22. The van der Waals surface area contributed by atoms with Crippen LogP contribution in [-0.2, 0) is 9.47 Å². The Hall–Kier alpha value is -1.50. The molecule has 0 aromatic heterocycles. The molecule has 0 radical (unpaired) electrons. The second-order valence-electron chi connectivity index (χ2n) is 5.98. The van der Waals surface area contributed by atoms with Crippen molar-refractivity contribution in [3.8, 4) is 0 Å². The highest BCUT2D eigenvalue weighted by molar-refractivity contribution is 5.79. The molecule has 3 N–H and O–H groups in total. The van der Waals surface area contributed by atoms with E-state index in [0.717, 1.165) is 45.0 Å². The van der Waals surface area contributed by atoms with Gasteiger partial charge in [-0.2, -0.15) is 0 Å². The lowest BCUT2D eigenvalue weighted by Crippen LogP contribution is -2.47. The Morgan fingerprint density at radius 3 is 2.46 bits per heavy atom. The first-order valence-electron chi connectivity index (χ1n) is 8.98. The van der Waals surface area contributed by atoms with Gasteiger partial charge in [0, 0.05) is 39.4 Å². The van der Waals surface area contributed by atoms with Crippen LogP contribution >= 0.6 is 0 Å². The van der Waals surface area contributed by atoms with E-state index in [0.29, 0.717) is 19.1 Å². The van der Waals surface area contributed by atoms with Crippen molar-refractivity contribution in [3.05, 3.63) is 0 Å². The number of amides is 1. The van der Waals surface area contributed by atoms with Gasteiger partial charge in [-0.1, -0.05) is 13.8 Å². The Bertz CT molecular complexity index is 349. The molecule has 1 amide bonds. The number of ether oxygens (including phenoxy) is 2. The molecule has 7 heteroatoms. The van der Waals surface area contributed by atoms with Gasteiger partial charge in [-0.05, 0) is 39.0 Å². The smallest absolute Gasteiger partial charge is 0.407 e. The maximum Gasteiger partial charge on any atom is 0.407 e. The van der Waals surface area contributed by atoms with E-state index in [1.165, 1.54) is 0 Å². The van der Waals surface area contributed by atoms with Gasteiger partial charge in [0.25, 0.3) is 0 Å². The molecule has 0 aliphatic heterocycles. The lowest BCUT2D eigenvalue weighted by atomic mass is 10.0. The molecule has 0 aliphatic rings. The second kappa shape index (κ2) is 15.1. The van der Waals surface area contributed by atoms with Crippen LogP contribution in [0.4, 0.5) is 4.79 Å². The summed E-state index contributed by atoms with van der Waals surface area (Å²) in [5.74, 6) is 1.22. The minimum atomic E-state index is -0.371. The van der Waals surface area contributed by atoms with Crippen LogP contribution in [0.5, 0.6) is 0 Å². The molecule has 0 spiro atoms. The Morgan fingerprint density at radius 2 is 1.88 bits per heavy atom. The van der Waals surface area contributed by atoms with Gasteiger partial charge in [-0.3, -0.25) is 4.99 Å². The summed E-state index contributed by atoms with van der Waals surface area (Å²) >= 11 is 0. The molecular formula is C17H36N4O3. The summed E-state index contributed by atoms with van der Waals surface area (Å²) < 4.78 is 10.3. The topological polar surface area (TPSA) is 84.0 Å². The molecule has 142 valence electrons. The molecule has 0 aliphatic carbocycles.